The molecule has 1 unspecified atom stereocenters. The molecular formula is C15H17N3. The maximum Gasteiger partial charge on any atom is 0.0995 e. The Kier molecular flexibility index (Phi) is 3.81. The number of rotatable bonds is 4. The summed E-state index contributed by atoms with van der Waals surface area (Å²) in [7, 11) is 0. The van der Waals surface area contributed by atoms with E-state index in [-0.39, 0.29) is 6.04 Å². The number of hydrogen-bond acceptors (Lipinski definition) is 2. The number of aromatic nitrogens is 1. The van der Waals surface area contributed by atoms with Gasteiger partial charge in [-0.05, 0) is 29.7 Å². The molecule has 0 radical (unpaired) electrons. The van der Waals surface area contributed by atoms with Crippen LogP contribution in [0.5, 0.6) is 0 Å². The molecule has 1 aromatic heterocycles. The van der Waals surface area contributed by atoms with Crippen LogP contribution in [0.1, 0.15) is 36.1 Å². The molecule has 1 atom stereocenters. The summed E-state index contributed by atoms with van der Waals surface area (Å²) in [6.07, 6.45) is 5.00. The average Bonchev–Trinajstić information content (AvgIpc) is 2.87. The summed E-state index contributed by atoms with van der Waals surface area (Å²) in [4.78, 5) is 0. The first-order chi connectivity index (χ1) is 8.74. The lowest BCUT2D eigenvalue weighted by atomic mass is 10.1. The SMILES string of the molecule is CCC(N)c1ccn(Cc2ccccc2C#N)c1. The van der Waals surface area contributed by atoms with Gasteiger partial charge in [0.05, 0.1) is 11.6 Å². The molecule has 0 saturated carbocycles. The fourth-order valence-electron chi connectivity index (χ4n) is 1.98. The summed E-state index contributed by atoms with van der Waals surface area (Å²) in [6.45, 7) is 2.78. The smallest absolute Gasteiger partial charge is 0.0995 e. The van der Waals surface area contributed by atoms with E-state index in [1.807, 2.05) is 36.5 Å². The maximum atomic E-state index is 9.05. The topological polar surface area (TPSA) is 54.7 Å². The number of hydrogen-bond donors (Lipinski definition) is 1. The van der Waals surface area contributed by atoms with Gasteiger partial charge in [-0.15, -0.1) is 0 Å². The fraction of sp³-hybridized carbons (Fsp3) is 0.267. The molecule has 2 aromatic rings. The lowest BCUT2D eigenvalue weighted by Gasteiger charge is -2.07. The first kappa shape index (κ1) is 12.4. The predicted octanol–water partition coefficient (Wildman–Crippen LogP) is 2.82. The number of nitrogens with two attached hydrogens (primary N) is 1. The maximum absolute atomic E-state index is 9.05. The second-order valence-electron chi connectivity index (χ2n) is 4.40. The minimum absolute atomic E-state index is 0.0949. The highest BCUT2D eigenvalue weighted by Crippen LogP contribution is 2.16. The van der Waals surface area contributed by atoms with Gasteiger partial charge in [0.2, 0.25) is 0 Å². The molecule has 0 saturated heterocycles. The Morgan fingerprint density at radius 1 is 1.33 bits per heavy atom. The van der Waals surface area contributed by atoms with Crippen molar-refractivity contribution in [1.82, 2.24) is 4.57 Å². The average molecular weight is 239 g/mol. The molecule has 0 bridgehead atoms. The van der Waals surface area contributed by atoms with Crippen molar-refractivity contribution in [3.8, 4) is 6.07 Å². The minimum Gasteiger partial charge on any atom is -0.350 e. The van der Waals surface area contributed by atoms with Crippen molar-refractivity contribution in [2.45, 2.75) is 25.9 Å². The van der Waals surface area contributed by atoms with Gasteiger partial charge < -0.3 is 10.3 Å². The Bertz CT molecular complexity index is 563. The van der Waals surface area contributed by atoms with Gasteiger partial charge in [0.1, 0.15) is 0 Å². The third-order valence-corrected chi connectivity index (χ3v) is 3.13. The van der Waals surface area contributed by atoms with Crippen molar-refractivity contribution in [2.24, 2.45) is 5.73 Å². The summed E-state index contributed by atoms with van der Waals surface area (Å²) in [5.41, 5.74) is 8.90. The summed E-state index contributed by atoms with van der Waals surface area (Å²) in [5, 5.41) is 9.05. The normalized spacial score (nSPS) is 12.1. The van der Waals surface area contributed by atoms with E-state index in [4.69, 9.17) is 11.0 Å². The molecule has 2 rings (SSSR count). The Morgan fingerprint density at radius 3 is 2.83 bits per heavy atom. The van der Waals surface area contributed by atoms with Crippen LogP contribution in [-0.4, -0.2) is 4.57 Å². The first-order valence-electron chi connectivity index (χ1n) is 6.14. The van der Waals surface area contributed by atoms with E-state index in [2.05, 4.69) is 23.8 Å². The standard InChI is InChI=1S/C15H17N3/c1-2-15(17)14-7-8-18(11-14)10-13-6-4-3-5-12(13)9-16/h3-8,11,15H,2,10,17H2,1H3. The van der Waals surface area contributed by atoms with Crippen LogP contribution in [0.3, 0.4) is 0 Å². The van der Waals surface area contributed by atoms with Crippen molar-refractivity contribution in [2.75, 3.05) is 0 Å². The van der Waals surface area contributed by atoms with Gasteiger partial charge in [0.15, 0.2) is 0 Å². The van der Waals surface area contributed by atoms with Crippen molar-refractivity contribution < 1.29 is 0 Å². The molecule has 3 heteroatoms. The molecule has 0 aliphatic heterocycles. The van der Waals surface area contributed by atoms with Crippen LogP contribution >= 0.6 is 0 Å². The molecule has 0 aliphatic carbocycles. The van der Waals surface area contributed by atoms with E-state index in [1.165, 1.54) is 0 Å². The van der Waals surface area contributed by atoms with E-state index in [0.717, 1.165) is 23.1 Å². The highest BCUT2D eigenvalue weighted by Gasteiger charge is 2.06. The predicted molar refractivity (Wildman–Crippen MR) is 71.9 cm³/mol. The summed E-state index contributed by atoms with van der Waals surface area (Å²) in [6, 6.07) is 12.0. The summed E-state index contributed by atoms with van der Waals surface area (Å²) < 4.78 is 2.07. The molecule has 0 amide bonds. The van der Waals surface area contributed by atoms with E-state index < -0.39 is 0 Å². The van der Waals surface area contributed by atoms with Crippen LogP contribution in [0.2, 0.25) is 0 Å². The molecule has 1 heterocycles. The van der Waals surface area contributed by atoms with Gasteiger partial charge in [-0.2, -0.15) is 5.26 Å². The van der Waals surface area contributed by atoms with Crippen LogP contribution < -0.4 is 5.73 Å². The van der Waals surface area contributed by atoms with Crippen molar-refractivity contribution >= 4 is 0 Å². The highest BCUT2D eigenvalue weighted by atomic mass is 14.9. The van der Waals surface area contributed by atoms with Crippen molar-refractivity contribution in [3.63, 3.8) is 0 Å². The van der Waals surface area contributed by atoms with Crippen LogP contribution in [0, 0.1) is 11.3 Å². The van der Waals surface area contributed by atoms with E-state index >= 15 is 0 Å². The highest BCUT2D eigenvalue weighted by molar-refractivity contribution is 5.37. The molecular weight excluding hydrogens is 222 g/mol. The second kappa shape index (κ2) is 5.52. The van der Waals surface area contributed by atoms with Gasteiger partial charge in [0.25, 0.3) is 0 Å². The zero-order valence-electron chi connectivity index (χ0n) is 10.5. The van der Waals surface area contributed by atoms with Crippen LogP contribution in [0.4, 0.5) is 0 Å². The third kappa shape index (κ3) is 2.61. The Balaban J connectivity index is 2.19. The molecule has 2 N–H and O–H groups in total. The zero-order chi connectivity index (χ0) is 13.0. The van der Waals surface area contributed by atoms with Gasteiger partial charge in [0, 0.05) is 25.0 Å². The quantitative estimate of drug-likeness (QED) is 0.892. The van der Waals surface area contributed by atoms with Crippen LogP contribution in [-0.2, 0) is 6.54 Å². The van der Waals surface area contributed by atoms with Gasteiger partial charge in [-0.1, -0.05) is 25.1 Å². The van der Waals surface area contributed by atoms with Crippen LogP contribution in [0.15, 0.2) is 42.7 Å². The molecule has 0 aliphatic rings. The minimum atomic E-state index is 0.0949. The molecule has 3 nitrogen and oxygen atoms in total. The number of benzene rings is 1. The van der Waals surface area contributed by atoms with Crippen molar-refractivity contribution in [3.05, 3.63) is 59.4 Å². The Morgan fingerprint density at radius 2 is 2.11 bits per heavy atom. The molecule has 0 spiro atoms. The van der Waals surface area contributed by atoms with E-state index in [0.29, 0.717) is 6.54 Å². The molecule has 1 aromatic carbocycles. The summed E-state index contributed by atoms with van der Waals surface area (Å²) in [5.74, 6) is 0. The Hall–Kier alpha value is -2.05. The van der Waals surface area contributed by atoms with Gasteiger partial charge in [-0.3, -0.25) is 0 Å². The van der Waals surface area contributed by atoms with E-state index in [1.54, 1.807) is 0 Å². The van der Waals surface area contributed by atoms with Crippen LogP contribution in [0.25, 0.3) is 0 Å². The van der Waals surface area contributed by atoms with E-state index in [9.17, 15) is 0 Å². The number of nitriles is 1. The monoisotopic (exact) mass is 239 g/mol. The fourth-order valence-corrected chi connectivity index (χ4v) is 1.98. The Labute approximate surface area is 107 Å². The summed E-state index contributed by atoms with van der Waals surface area (Å²) >= 11 is 0. The molecule has 18 heavy (non-hydrogen) atoms. The van der Waals surface area contributed by atoms with Gasteiger partial charge in [-0.25, -0.2) is 0 Å². The molecule has 92 valence electrons. The van der Waals surface area contributed by atoms with Crippen molar-refractivity contribution in [1.29, 1.82) is 5.26 Å². The second-order valence-corrected chi connectivity index (χ2v) is 4.40. The molecule has 0 fully saturated rings. The lowest BCUT2D eigenvalue weighted by molar-refractivity contribution is 0.693. The largest absolute Gasteiger partial charge is 0.350 e. The third-order valence-electron chi connectivity index (χ3n) is 3.13. The first-order valence-corrected chi connectivity index (χ1v) is 6.14. The lowest BCUT2D eigenvalue weighted by Crippen LogP contribution is -2.07. The zero-order valence-corrected chi connectivity index (χ0v) is 10.5. The van der Waals surface area contributed by atoms with Gasteiger partial charge >= 0.3 is 0 Å². The number of nitrogens with zero attached hydrogens (tertiary/aromatic N) is 2.